The maximum atomic E-state index is 2.39. The minimum atomic E-state index is 0.146. The average molecular weight is 215 g/mol. The van der Waals surface area contributed by atoms with Crippen LogP contribution in [-0.4, -0.2) is 4.57 Å². The van der Waals surface area contributed by atoms with Crippen molar-refractivity contribution in [3.63, 3.8) is 0 Å². The zero-order chi connectivity index (χ0) is 11.9. The molecule has 0 saturated carbocycles. The highest BCUT2D eigenvalue weighted by Crippen LogP contribution is 2.31. The van der Waals surface area contributed by atoms with Crippen LogP contribution in [0.15, 0.2) is 30.5 Å². The van der Waals surface area contributed by atoms with Crippen LogP contribution in [0.25, 0.3) is 10.9 Å². The molecular formula is C15H21N. The lowest BCUT2D eigenvalue weighted by atomic mass is 10.0. The second-order valence-electron chi connectivity index (χ2n) is 5.80. The number of aromatic nitrogens is 1. The van der Waals surface area contributed by atoms with Crippen LogP contribution in [0.4, 0.5) is 0 Å². The first-order valence-corrected chi connectivity index (χ1v) is 6.01. The van der Waals surface area contributed by atoms with Crippen LogP contribution < -0.4 is 0 Å². The Morgan fingerprint density at radius 2 is 1.69 bits per heavy atom. The highest BCUT2D eigenvalue weighted by atomic mass is 15.0. The van der Waals surface area contributed by atoms with Crippen LogP contribution in [-0.2, 0) is 5.54 Å². The number of nitrogens with zero attached hydrogens (tertiary/aromatic N) is 1. The Bertz CT molecular complexity index is 498. The number of benzene rings is 1. The smallest absolute Gasteiger partial charge is 0.0488 e. The van der Waals surface area contributed by atoms with Gasteiger partial charge in [0.05, 0.1) is 0 Å². The highest BCUT2D eigenvalue weighted by Gasteiger charge is 2.18. The van der Waals surface area contributed by atoms with Gasteiger partial charge in [-0.05, 0) is 38.3 Å². The van der Waals surface area contributed by atoms with Crippen LogP contribution in [0.5, 0.6) is 0 Å². The van der Waals surface area contributed by atoms with E-state index >= 15 is 0 Å². The number of rotatable bonds is 1. The van der Waals surface area contributed by atoms with Gasteiger partial charge in [-0.25, -0.2) is 0 Å². The normalized spacial score (nSPS) is 12.6. The maximum Gasteiger partial charge on any atom is 0.0488 e. The molecule has 1 aromatic heterocycles. The van der Waals surface area contributed by atoms with Crippen LogP contribution >= 0.6 is 0 Å². The Balaban J connectivity index is 2.77. The van der Waals surface area contributed by atoms with Crippen molar-refractivity contribution in [3.8, 4) is 0 Å². The molecule has 16 heavy (non-hydrogen) atoms. The Morgan fingerprint density at radius 3 is 2.25 bits per heavy atom. The zero-order valence-electron chi connectivity index (χ0n) is 10.9. The maximum absolute atomic E-state index is 2.39. The van der Waals surface area contributed by atoms with Gasteiger partial charge in [-0.2, -0.15) is 0 Å². The molecule has 0 unspecified atom stereocenters. The van der Waals surface area contributed by atoms with Gasteiger partial charge in [-0.3, -0.25) is 0 Å². The van der Waals surface area contributed by atoms with Crippen LogP contribution in [0, 0.1) is 0 Å². The molecule has 0 spiro atoms. The zero-order valence-corrected chi connectivity index (χ0v) is 10.9. The third-order valence-electron chi connectivity index (χ3n) is 3.09. The molecule has 0 aliphatic rings. The molecule has 2 rings (SSSR count). The first-order valence-electron chi connectivity index (χ1n) is 6.01. The minimum absolute atomic E-state index is 0.146. The summed E-state index contributed by atoms with van der Waals surface area (Å²) < 4.78 is 2.39. The fraction of sp³-hybridized carbons (Fsp3) is 0.467. The summed E-state index contributed by atoms with van der Waals surface area (Å²) in [7, 11) is 0. The van der Waals surface area contributed by atoms with Crippen molar-refractivity contribution >= 4 is 10.9 Å². The van der Waals surface area contributed by atoms with Crippen molar-refractivity contribution in [2.75, 3.05) is 0 Å². The van der Waals surface area contributed by atoms with E-state index < -0.39 is 0 Å². The van der Waals surface area contributed by atoms with Gasteiger partial charge in [0.25, 0.3) is 0 Å². The van der Waals surface area contributed by atoms with Crippen molar-refractivity contribution in [1.82, 2.24) is 4.57 Å². The van der Waals surface area contributed by atoms with Crippen molar-refractivity contribution in [2.45, 2.75) is 46.1 Å². The fourth-order valence-electron chi connectivity index (χ4n) is 2.22. The lowest BCUT2D eigenvalue weighted by Crippen LogP contribution is -2.20. The van der Waals surface area contributed by atoms with Gasteiger partial charge in [0.15, 0.2) is 0 Å². The largest absolute Gasteiger partial charge is 0.342 e. The number of para-hydroxylation sites is 1. The Labute approximate surface area is 98.1 Å². The second kappa shape index (κ2) is 3.65. The van der Waals surface area contributed by atoms with Gasteiger partial charge in [-0.15, -0.1) is 0 Å². The molecule has 0 atom stereocenters. The highest BCUT2D eigenvalue weighted by molar-refractivity contribution is 5.84. The van der Waals surface area contributed by atoms with E-state index in [0.29, 0.717) is 5.92 Å². The first-order chi connectivity index (χ1) is 7.41. The monoisotopic (exact) mass is 215 g/mol. The summed E-state index contributed by atoms with van der Waals surface area (Å²) in [5.41, 5.74) is 2.94. The summed E-state index contributed by atoms with van der Waals surface area (Å²) in [6.45, 7) is 11.3. The molecule has 0 aliphatic heterocycles. The molecule has 0 fully saturated rings. The molecule has 1 heterocycles. The number of hydrogen-bond acceptors (Lipinski definition) is 0. The van der Waals surface area contributed by atoms with Crippen molar-refractivity contribution in [2.24, 2.45) is 0 Å². The standard InChI is InChI=1S/C15H21N/c1-11(2)13-10-16(15(3,4)5)14-9-7-6-8-12(13)14/h6-11H,1-5H3. The van der Waals surface area contributed by atoms with Gasteiger partial charge in [-0.1, -0.05) is 32.0 Å². The summed E-state index contributed by atoms with van der Waals surface area (Å²) in [5.74, 6) is 0.577. The van der Waals surface area contributed by atoms with E-state index in [9.17, 15) is 0 Å². The van der Waals surface area contributed by atoms with E-state index in [1.165, 1.54) is 16.5 Å². The number of hydrogen-bond donors (Lipinski definition) is 0. The second-order valence-corrected chi connectivity index (χ2v) is 5.80. The van der Waals surface area contributed by atoms with Crippen molar-refractivity contribution < 1.29 is 0 Å². The molecular weight excluding hydrogens is 194 g/mol. The molecule has 1 nitrogen and oxygen atoms in total. The fourth-order valence-corrected chi connectivity index (χ4v) is 2.22. The Morgan fingerprint density at radius 1 is 1.06 bits per heavy atom. The molecule has 0 saturated heterocycles. The summed E-state index contributed by atoms with van der Waals surface area (Å²) in [5, 5.41) is 1.40. The van der Waals surface area contributed by atoms with Gasteiger partial charge in [0.2, 0.25) is 0 Å². The Kier molecular flexibility index (Phi) is 2.57. The van der Waals surface area contributed by atoms with Crippen molar-refractivity contribution in [3.05, 3.63) is 36.0 Å². The van der Waals surface area contributed by atoms with E-state index in [0.717, 1.165) is 0 Å². The SMILES string of the molecule is CC(C)c1cn(C(C)(C)C)c2ccccc12. The van der Waals surface area contributed by atoms with E-state index in [1.54, 1.807) is 0 Å². The molecule has 1 aromatic carbocycles. The Hall–Kier alpha value is -1.24. The van der Waals surface area contributed by atoms with E-state index in [2.05, 4.69) is 69.6 Å². The molecule has 86 valence electrons. The summed E-state index contributed by atoms with van der Waals surface area (Å²) >= 11 is 0. The van der Waals surface area contributed by atoms with Gasteiger partial charge in [0.1, 0.15) is 0 Å². The molecule has 0 amide bonds. The molecule has 2 aromatic rings. The third-order valence-corrected chi connectivity index (χ3v) is 3.09. The predicted molar refractivity (Wildman–Crippen MR) is 71.0 cm³/mol. The van der Waals surface area contributed by atoms with Crippen LogP contribution in [0.3, 0.4) is 0 Å². The van der Waals surface area contributed by atoms with Gasteiger partial charge >= 0.3 is 0 Å². The van der Waals surface area contributed by atoms with Crippen molar-refractivity contribution in [1.29, 1.82) is 0 Å². The predicted octanol–water partition coefficient (Wildman–Crippen LogP) is 4.52. The average Bonchev–Trinajstić information content (AvgIpc) is 2.56. The minimum Gasteiger partial charge on any atom is -0.342 e. The quantitative estimate of drug-likeness (QED) is 0.659. The lowest BCUT2D eigenvalue weighted by Gasteiger charge is -2.22. The lowest BCUT2D eigenvalue weighted by molar-refractivity contribution is 0.410. The molecule has 0 N–H and O–H groups in total. The van der Waals surface area contributed by atoms with Gasteiger partial charge < -0.3 is 4.57 Å². The topological polar surface area (TPSA) is 4.93 Å². The first kappa shape index (κ1) is 11.3. The summed E-state index contributed by atoms with van der Waals surface area (Å²) in [6, 6.07) is 8.69. The van der Waals surface area contributed by atoms with Gasteiger partial charge in [0, 0.05) is 22.6 Å². The van der Waals surface area contributed by atoms with Crippen LogP contribution in [0.1, 0.15) is 46.1 Å². The summed E-state index contributed by atoms with van der Waals surface area (Å²) in [4.78, 5) is 0. The van der Waals surface area contributed by atoms with E-state index in [1.807, 2.05) is 0 Å². The molecule has 0 bridgehead atoms. The summed E-state index contributed by atoms with van der Waals surface area (Å²) in [6.07, 6.45) is 2.31. The molecule has 1 heteroatoms. The van der Waals surface area contributed by atoms with Crippen LogP contribution in [0.2, 0.25) is 0 Å². The van der Waals surface area contributed by atoms with E-state index in [-0.39, 0.29) is 5.54 Å². The molecule has 0 radical (unpaired) electrons. The molecule has 0 aliphatic carbocycles. The third kappa shape index (κ3) is 1.75. The number of fused-ring (bicyclic) bond motifs is 1. The van der Waals surface area contributed by atoms with E-state index in [4.69, 9.17) is 0 Å².